The van der Waals surface area contributed by atoms with Crippen LogP contribution in [0.15, 0.2) is 0 Å². The van der Waals surface area contributed by atoms with Crippen LogP contribution in [-0.2, 0) is 4.74 Å². The Kier molecular flexibility index (Phi) is 1.40. The molecule has 7 heavy (non-hydrogen) atoms. The van der Waals surface area contributed by atoms with Gasteiger partial charge in [-0.25, -0.2) is 0 Å². The van der Waals surface area contributed by atoms with Crippen molar-refractivity contribution in [2.75, 3.05) is 0 Å². The second-order valence-electron chi connectivity index (χ2n) is 1.15. The van der Waals surface area contributed by atoms with Crippen LogP contribution in [0.2, 0.25) is 0 Å². The average Bonchev–Trinajstić information content (AvgIpc) is 2.22. The fourth-order valence-corrected chi connectivity index (χ4v) is 0.742. The molecule has 1 atom stereocenters. The van der Waals surface area contributed by atoms with Gasteiger partial charge in [0, 0.05) is 0 Å². The van der Waals surface area contributed by atoms with Crippen LogP contribution in [0.5, 0.6) is 0 Å². The summed E-state index contributed by atoms with van der Waals surface area (Å²) in [5, 5.41) is 0. The second-order valence-corrected chi connectivity index (χ2v) is 2.15. The molecule has 0 aliphatic carbocycles. The first-order valence-electron chi connectivity index (χ1n) is 1.88. The molecule has 1 unspecified atom stereocenters. The van der Waals surface area contributed by atoms with Crippen LogP contribution in [0.3, 0.4) is 0 Å². The summed E-state index contributed by atoms with van der Waals surface area (Å²) in [6.07, 6.45) is -0.138. The molecule has 1 fully saturated rings. The van der Waals surface area contributed by atoms with Gasteiger partial charge >= 0.3 is 41.7 Å². The first kappa shape index (κ1) is 5.19. The third-order valence-electron chi connectivity index (χ3n) is 0.636. The summed E-state index contributed by atoms with van der Waals surface area (Å²) in [5.41, 5.74) is 11.1. The van der Waals surface area contributed by atoms with Crippen LogP contribution in [0.25, 0.3) is 0 Å². The summed E-state index contributed by atoms with van der Waals surface area (Å²) in [6.45, 7) is 0. The molecule has 1 aliphatic rings. The van der Waals surface area contributed by atoms with E-state index in [9.17, 15) is 0 Å². The summed E-state index contributed by atoms with van der Waals surface area (Å²) >= 11 is 0. The number of nitrogens with two attached hydrogens (primary N) is 2. The normalized spacial score (nSPS) is 27.1. The third kappa shape index (κ3) is 1.21. The van der Waals surface area contributed by atoms with Crippen molar-refractivity contribution in [2.45, 2.75) is 6.23 Å². The Hall–Kier alpha value is 0.0500. The van der Waals surface area contributed by atoms with E-state index in [1.165, 1.54) is 5.92 Å². The number of hydrogen-bond donors (Lipinski definition) is 2. The quantitative estimate of drug-likeness (QED) is 0.319. The van der Waals surface area contributed by atoms with E-state index in [1.807, 2.05) is 0 Å². The molecule has 0 aromatic carbocycles. The second kappa shape index (κ2) is 1.88. The van der Waals surface area contributed by atoms with Gasteiger partial charge < -0.3 is 0 Å². The minimum atomic E-state index is -0.138. The topological polar surface area (TPSA) is 64.6 Å². The van der Waals surface area contributed by atoms with Crippen LogP contribution in [0.4, 0.5) is 0 Å². The molecule has 38 valence electrons. The molecule has 0 saturated carbocycles. The van der Waals surface area contributed by atoms with Crippen molar-refractivity contribution in [1.82, 2.24) is 0 Å². The third-order valence-corrected chi connectivity index (χ3v) is 1.40. The van der Waals surface area contributed by atoms with E-state index in [2.05, 4.69) is 0 Å². The molecule has 1 aliphatic heterocycles. The Balaban J connectivity index is 2.61. The van der Waals surface area contributed by atoms with E-state index in [4.69, 9.17) is 16.2 Å². The number of hydrogen-bond acceptors (Lipinski definition) is 2. The molecule has 0 spiro atoms. The molecule has 0 bridgehead atoms. The van der Waals surface area contributed by atoms with Gasteiger partial charge in [-0.3, -0.25) is 0 Å². The van der Waals surface area contributed by atoms with E-state index in [0.717, 1.165) is 13.3 Å². The Labute approximate surface area is 42.7 Å². The molecule has 0 aromatic rings. The maximum absolute atomic E-state index is 5.21. The zero-order chi connectivity index (χ0) is 5.28. The van der Waals surface area contributed by atoms with Crippen LogP contribution in [-0.4, -0.2) is 17.6 Å². The van der Waals surface area contributed by atoms with Crippen molar-refractivity contribution in [3.63, 3.8) is 0 Å². The van der Waals surface area contributed by atoms with Gasteiger partial charge in [0.25, 0.3) is 0 Å². The minimum absolute atomic E-state index is 0.138. The van der Waals surface area contributed by atoms with E-state index in [-0.39, 0.29) is 6.23 Å². The summed E-state index contributed by atoms with van der Waals surface area (Å²) in [7, 11) is 0.906. The van der Waals surface area contributed by atoms with Gasteiger partial charge in [0.15, 0.2) is 0 Å². The van der Waals surface area contributed by atoms with Crippen molar-refractivity contribution in [3.8, 4) is 0 Å². The molecule has 1 saturated heterocycles. The fourth-order valence-electron chi connectivity index (χ4n) is 0.273. The Bertz CT molecular complexity index is 138. The van der Waals surface area contributed by atoms with Crippen LogP contribution in [0, 0.1) is 0 Å². The molecule has 4 N–H and O–H groups in total. The number of ether oxygens (including phenoxy) is 1. The van der Waals surface area contributed by atoms with E-state index in [0.29, 0.717) is 0 Å². The molecule has 1 heterocycles. The van der Waals surface area contributed by atoms with Gasteiger partial charge in [0.2, 0.25) is 0 Å². The van der Waals surface area contributed by atoms with Gasteiger partial charge in [-0.15, -0.1) is 0 Å². The molecular weight excluding hydrogens is 111 g/mol. The molecular formula is C3H6N2OP+. The zero-order valence-corrected chi connectivity index (χ0v) is 4.56. The van der Waals surface area contributed by atoms with Crippen molar-refractivity contribution in [1.29, 1.82) is 0 Å². The number of rotatable bonds is 0. The van der Waals surface area contributed by atoms with Gasteiger partial charge in [-0.05, 0) is 0 Å². The van der Waals surface area contributed by atoms with Gasteiger partial charge in [-0.2, -0.15) is 0 Å². The number of epoxide rings is 1. The molecule has 4 heteroatoms. The Morgan fingerprint density at radius 1 is 1.86 bits per heavy atom. The standard InChI is InChI=1S/C3H6N2OP/c4-1-7-3-2(5)6-3/h1-2H,4-5H2/q+1. The van der Waals surface area contributed by atoms with Crippen LogP contribution >= 0.6 is 7.83 Å². The van der Waals surface area contributed by atoms with E-state index in [1.54, 1.807) is 0 Å². The van der Waals surface area contributed by atoms with E-state index < -0.39 is 0 Å². The SMILES string of the molecule is NC=[P+]=C1OC1N. The molecule has 0 amide bonds. The fraction of sp³-hybridized carbons (Fsp3) is 0.333. The monoisotopic (exact) mass is 117 g/mol. The predicted octanol–water partition coefficient (Wildman–Crippen LogP) is -0.904. The molecule has 3 nitrogen and oxygen atoms in total. The van der Waals surface area contributed by atoms with E-state index >= 15 is 0 Å². The Morgan fingerprint density at radius 2 is 2.43 bits per heavy atom. The average molecular weight is 117 g/mol. The first-order valence-corrected chi connectivity index (χ1v) is 2.84. The Morgan fingerprint density at radius 3 is 2.57 bits per heavy atom. The van der Waals surface area contributed by atoms with Crippen LogP contribution in [0.1, 0.15) is 0 Å². The first-order chi connectivity index (χ1) is 3.34. The maximum atomic E-state index is 5.21. The zero-order valence-electron chi connectivity index (χ0n) is 3.66. The summed E-state index contributed by atoms with van der Waals surface area (Å²) in [6, 6.07) is 0. The van der Waals surface area contributed by atoms with Gasteiger partial charge in [-0.1, -0.05) is 0 Å². The van der Waals surface area contributed by atoms with Gasteiger partial charge in [0.1, 0.15) is 0 Å². The van der Waals surface area contributed by atoms with Crippen molar-refractivity contribution >= 4 is 19.2 Å². The van der Waals surface area contributed by atoms with Crippen LogP contribution < -0.4 is 11.5 Å². The molecule has 1 rings (SSSR count). The van der Waals surface area contributed by atoms with Gasteiger partial charge in [0.05, 0.1) is 0 Å². The van der Waals surface area contributed by atoms with Crippen molar-refractivity contribution < 1.29 is 4.74 Å². The predicted molar refractivity (Wildman–Crippen MR) is 31.2 cm³/mol. The summed E-state index contributed by atoms with van der Waals surface area (Å²) < 4.78 is 4.73. The molecule has 0 aromatic heterocycles. The van der Waals surface area contributed by atoms with Crippen molar-refractivity contribution in [3.05, 3.63) is 0 Å². The molecule has 0 radical (unpaired) electrons. The van der Waals surface area contributed by atoms with Crippen molar-refractivity contribution in [2.24, 2.45) is 11.5 Å². The summed E-state index contributed by atoms with van der Waals surface area (Å²) in [5.74, 6) is 1.50. The summed E-state index contributed by atoms with van der Waals surface area (Å²) in [4.78, 5) is 0.